The third-order valence-corrected chi connectivity index (χ3v) is 4.65. The lowest BCUT2D eigenvalue weighted by atomic mass is 10.2. The number of aryl methyl sites for hydroxylation is 1. The van der Waals surface area contributed by atoms with Gasteiger partial charge in [-0.2, -0.15) is 0 Å². The van der Waals surface area contributed by atoms with Crippen LogP contribution in [0.15, 0.2) is 42.5 Å². The first-order chi connectivity index (χ1) is 12.1. The summed E-state index contributed by atoms with van der Waals surface area (Å²) in [7, 11) is -3.81. The lowest BCUT2D eigenvalue weighted by molar-refractivity contribution is -0.384. The molecular weight excluding hydrogens is 365 g/mol. The Morgan fingerprint density at radius 3 is 2.38 bits per heavy atom. The summed E-state index contributed by atoms with van der Waals surface area (Å²) in [6.07, 6.45) is 0.919. The average Bonchev–Trinajstić information content (AvgIpc) is 2.54. The van der Waals surface area contributed by atoms with Crippen molar-refractivity contribution in [2.75, 3.05) is 22.4 Å². The Labute approximate surface area is 149 Å². The molecular formula is C16H16FN3O5S. The highest BCUT2D eigenvalue weighted by Gasteiger charge is 2.21. The molecule has 0 aliphatic rings. The Hall–Kier alpha value is -3.01. The van der Waals surface area contributed by atoms with E-state index in [2.05, 4.69) is 5.32 Å². The van der Waals surface area contributed by atoms with Crippen LogP contribution >= 0.6 is 0 Å². The Morgan fingerprint density at radius 1 is 1.23 bits per heavy atom. The van der Waals surface area contributed by atoms with Gasteiger partial charge in [0.05, 0.1) is 22.6 Å². The van der Waals surface area contributed by atoms with Crippen LogP contribution < -0.4 is 9.62 Å². The van der Waals surface area contributed by atoms with Crippen LogP contribution in [0.3, 0.4) is 0 Å². The zero-order chi connectivity index (χ0) is 19.5. The van der Waals surface area contributed by atoms with E-state index in [4.69, 9.17) is 0 Å². The average molecular weight is 381 g/mol. The number of hydrogen-bond donors (Lipinski definition) is 1. The van der Waals surface area contributed by atoms with Crippen molar-refractivity contribution in [2.24, 2.45) is 0 Å². The van der Waals surface area contributed by atoms with E-state index in [1.54, 1.807) is 6.92 Å². The Kier molecular flexibility index (Phi) is 5.56. The number of sulfonamides is 1. The predicted octanol–water partition coefficient (Wildman–Crippen LogP) is 2.45. The van der Waals surface area contributed by atoms with Gasteiger partial charge in [0, 0.05) is 12.1 Å². The second-order valence-electron chi connectivity index (χ2n) is 5.55. The number of carbonyl (C=O) groups excluding carboxylic acids is 1. The lowest BCUT2D eigenvalue weighted by Gasteiger charge is -2.22. The molecule has 0 spiro atoms. The Morgan fingerprint density at radius 2 is 1.85 bits per heavy atom. The summed E-state index contributed by atoms with van der Waals surface area (Å²) in [5.41, 5.74) is 0.706. The number of rotatable bonds is 6. The van der Waals surface area contributed by atoms with Crippen molar-refractivity contribution < 1.29 is 22.5 Å². The van der Waals surface area contributed by atoms with E-state index in [-0.39, 0.29) is 17.1 Å². The van der Waals surface area contributed by atoms with Crippen molar-refractivity contribution in [3.63, 3.8) is 0 Å². The van der Waals surface area contributed by atoms with E-state index in [1.807, 2.05) is 0 Å². The third-order valence-electron chi connectivity index (χ3n) is 3.51. The molecule has 26 heavy (non-hydrogen) atoms. The van der Waals surface area contributed by atoms with Crippen molar-refractivity contribution >= 4 is 33.0 Å². The van der Waals surface area contributed by atoms with Crippen molar-refractivity contribution in [1.29, 1.82) is 0 Å². The first-order valence-corrected chi connectivity index (χ1v) is 9.21. The second-order valence-corrected chi connectivity index (χ2v) is 7.46. The molecule has 0 radical (unpaired) electrons. The third kappa shape index (κ3) is 4.76. The zero-order valence-corrected chi connectivity index (χ0v) is 14.8. The van der Waals surface area contributed by atoms with Gasteiger partial charge < -0.3 is 5.32 Å². The maximum absolute atomic E-state index is 13.0. The zero-order valence-electron chi connectivity index (χ0n) is 14.0. The molecule has 0 unspecified atom stereocenters. The summed E-state index contributed by atoms with van der Waals surface area (Å²) in [6.45, 7) is 1.08. The number of nitrogens with zero attached hydrogens (tertiary/aromatic N) is 2. The first-order valence-electron chi connectivity index (χ1n) is 7.36. The number of anilines is 2. The van der Waals surface area contributed by atoms with Crippen LogP contribution in [0.1, 0.15) is 5.56 Å². The van der Waals surface area contributed by atoms with Gasteiger partial charge in [-0.25, -0.2) is 12.8 Å². The fourth-order valence-corrected chi connectivity index (χ4v) is 3.04. The van der Waals surface area contributed by atoms with Gasteiger partial charge in [-0.15, -0.1) is 0 Å². The molecule has 2 aromatic carbocycles. The van der Waals surface area contributed by atoms with Crippen molar-refractivity contribution in [3.8, 4) is 0 Å². The van der Waals surface area contributed by atoms with E-state index >= 15 is 0 Å². The number of nitro groups is 1. The molecule has 0 saturated carbocycles. The second kappa shape index (κ2) is 7.48. The molecule has 138 valence electrons. The molecule has 0 atom stereocenters. The number of hydrogen-bond acceptors (Lipinski definition) is 5. The van der Waals surface area contributed by atoms with Crippen LogP contribution in [0, 0.1) is 22.9 Å². The molecule has 1 amide bonds. The van der Waals surface area contributed by atoms with Crippen LogP contribution in [0.25, 0.3) is 0 Å². The van der Waals surface area contributed by atoms with Gasteiger partial charge >= 0.3 is 0 Å². The van der Waals surface area contributed by atoms with Crippen LogP contribution in [0.4, 0.5) is 21.5 Å². The van der Waals surface area contributed by atoms with Gasteiger partial charge in [-0.3, -0.25) is 19.2 Å². The number of nitro benzene ring substituents is 1. The van der Waals surface area contributed by atoms with Crippen LogP contribution in [-0.2, 0) is 14.8 Å². The molecule has 2 rings (SSSR count). The van der Waals surface area contributed by atoms with Gasteiger partial charge in [0.25, 0.3) is 5.69 Å². The normalized spacial score (nSPS) is 11.0. The van der Waals surface area contributed by atoms with Gasteiger partial charge in [0.2, 0.25) is 15.9 Å². The fraction of sp³-hybridized carbons (Fsp3) is 0.188. The Balaban J connectivity index is 2.24. The van der Waals surface area contributed by atoms with Gasteiger partial charge in [-0.05, 0) is 36.8 Å². The van der Waals surface area contributed by atoms with Crippen LogP contribution in [-0.4, -0.2) is 32.0 Å². The summed E-state index contributed by atoms with van der Waals surface area (Å²) in [4.78, 5) is 22.5. The largest absolute Gasteiger partial charge is 0.324 e. The summed E-state index contributed by atoms with van der Waals surface area (Å²) in [6, 6.07) is 8.60. The summed E-state index contributed by atoms with van der Waals surface area (Å²) >= 11 is 0. The number of benzene rings is 2. The maximum atomic E-state index is 13.0. The summed E-state index contributed by atoms with van der Waals surface area (Å²) < 4.78 is 37.8. The molecule has 0 aromatic heterocycles. The van der Waals surface area contributed by atoms with Crippen molar-refractivity contribution in [1.82, 2.24) is 0 Å². The smallest absolute Gasteiger partial charge is 0.271 e. The van der Waals surface area contributed by atoms with E-state index in [0.29, 0.717) is 5.56 Å². The minimum absolute atomic E-state index is 0.125. The molecule has 0 aliphatic heterocycles. The highest BCUT2D eigenvalue weighted by Crippen LogP contribution is 2.22. The number of nitrogens with one attached hydrogen (secondary N) is 1. The number of non-ortho nitro benzene ring substituents is 1. The molecule has 1 N–H and O–H groups in total. The van der Waals surface area contributed by atoms with Crippen LogP contribution in [0.5, 0.6) is 0 Å². The molecule has 8 nitrogen and oxygen atoms in total. The van der Waals surface area contributed by atoms with Crippen molar-refractivity contribution in [3.05, 3.63) is 64.0 Å². The Bertz CT molecular complexity index is 945. The highest BCUT2D eigenvalue weighted by molar-refractivity contribution is 7.92. The van der Waals surface area contributed by atoms with Gasteiger partial charge in [0.1, 0.15) is 12.4 Å². The fourth-order valence-electron chi connectivity index (χ4n) is 2.19. The van der Waals surface area contributed by atoms with Gasteiger partial charge in [0.15, 0.2) is 0 Å². The van der Waals surface area contributed by atoms with E-state index in [0.717, 1.165) is 22.7 Å². The van der Waals surface area contributed by atoms with Crippen LogP contribution in [0.2, 0.25) is 0 Å². The van der Waals surface area contributed by atoms with E-state index in [1.165, 1.54) is 30.3 Å². The van der Waals surface area contributed by atoms with E-state index in [9.17, 15) is 27.7 Å². The monoisotopic (exact) mass is 381 g/mol. The molecule has 0 fully saturated rings. The predicted molar refractivity (Wildman–Crippen MR) is 95.1 cm³/mol. The number of carbonyl (C=O) groups is 1. The standard InChI is InChI=1S/C16H16FN3O5S/c1-11-3-6-14(20(22)23)9-15(11)18-16(21)10-19(26(2,24)25)13-7-4-12(17)5-8-13/h3-9H,10H2,1-2H3,(H,18,21). The molecule has 2 aromatic rings. The summed E-state index contributed by atoms with van der Waals surface area (Å²) in [5, 5.41) is 13.3. The molecule has 10 heteroatoms. The summed E-state index contributed by atoms with van der Waals surface area (Å²) in [5.74, 6) is -1.23. The van der Waals surface area contributed by atoms with E-state index < -0.39 is 33.2 Å². The minimum atomic E-state index is -3.81. The molecule has 0 aliphatic carbocycles. The quantitative estimate of drug-likeness (QED) is 0.610. The SMILES string of the molecule is Cc1ccc([N+](=O)[O-])cc1NC(=O)CN(c1ccc(F)cc1)S(C)(=O)=O. The highest BCUT2D eigenvalue weighted by atomic mass is 32.2. The van der Waals surface area contributed by atoms with Gasteiger partial charge in [-0.1, -0.05) is 6.07 Å². The molecule has 0 saturated heterocycles. The number of halogens is 1. The minimum Gasteiger partial charge on any atom is -0.324 e. The lowest BCUT2D eigenvalue weighted by Crippen LogP contribution is -2.37. The number of amides is 1. The van der Waals surface area contributed by atoms with Crippen molar-refractivity contribution in [2.45, 2.75) is 6.92 Å². The maximum Gasteiger partial charge on any atom is 0.271 e. The molecule has 0 bridgehead atoms. The molecule has 0 heterocycles. The first kappa shape index (κ1) is 19.3. The topological polar surface area (TPSA) is 110 Å².